The Morgan fingerprint density at radius 3 is 2.26 bits per heavy atom. The van der Waals surface area contributed by atoms with E-state index >= 15 is 0 Å². The Morgan fingerprint density at radius 1 is 1.05 bits per heavy atom. The number of sulfone groups is 1. The number of phenols is 1. The summed E-state index contributed by atoms with van der Waals surface area (Å²) >= 11 is -2.26. The van der Waals surface area contributed by atoms with Gasteiger partial charge in [0.25, 0.3) is 0 Å². The molecule has 0 aliphatic carbocycles. The molecule has 0 heterocycles. The molecule has 19 heteroatoms. The average molecular weight is 618 g/mol. The molecule has 0 bridgehead atoms. The van der Waals surface area contributed by atoms with Gasteiger partial charge < -0.3 is 20.2 Å². The van der Waals surface area contributed by atoms with Gasteiger partial charge in [-0.3, -0.25) is 9.83 Å². The Balaban J connectivity index is 0.00000380. The minimum absolute atomic E-state index is 0. The van der Waals surface area contributed by atoms with Gasteiger partial charge in [-0.2, -0.15) is 5.11 Å². The van der Waals surface area contributed by atoms with Gasteiger partial charge in [-0.05, 0) is 47.9 Å². The van der Waals surface area contributed by atoms with Gasteiger partial charge in [-0.1, -0.05) is 6.07 Å². The van der Waals surface area contributed by atoms with Crippen molar-refractivity contribution in [2.45, 2.75) is 16.7 Å². The van der Waals surface area contributed by atoms with Crippen molar-refractivity contribution in [1.82, 2.24) is 0 Å². The van der Waals surface area contributed by atoms with Crippen LogP contribution < -0.4 is 69.7 Å². The fraction of sp³-hybridized carbons (Fsp3) is 0.150. The van der Waals surface area contributed by atoms with E-state index in [-0.39, 0.29) is 86.4 Å². The molecule has 0 spiro atoms. The first-order chi connectivity index (χ1) is 17.3. The van der Waals surface area contributed by atoms with Gasteiger partial charge in [0.2, 0.25) is 5.91 Å². The van der Waals surface area contributed by atoms with Crippen LogP contribution in [0.3, 0.4) is 0 Å². The number of carbonyl (C=O) groups is 1. The van der Waals surface area contributed by atoms with E-state index in [0.29, 0.717) is 5.69 Å². The molecule has 3 aromatic rings. The zero-order valence-corrected chi connectivity index (χ0v) is 27.1. The van der Waals surface area contributed by atoms with Crippen molar-refractivity contribution in [3.63, 3.8) is 0 Å². The van der Waals surface area contributed by atoms with Crippen LogP contribution in [0.25, 0.3) is 10.8 Å². The van der Waals surface area contributed by atoms with Crippen LogP contribution in [0.2, 0.25) is 0 Å². The summed E-state index contributed by atoms with van der Waals surface area (Å²) in [4.78, 5) is 10.3. The van der Waals surface area contributed by atoms with Gasteiger partial charge in [0, 0.05) is 18.0 Å². The summed E-state index contributed by atoms with van der Waals surface area (Å²) in [7, 11) is -9.02. The summed E-state index contributed by atoms with van der Waals surface area (Å²) in [6, 6.07) is 9.91. The largest absolute Gasteiger partial charge is 1.00 e. The number of phenolic OH excluding ortho intramolecular Hbond substituents is 1. The van der Waals surface area contributed by atoms with Crippen LogP contribution in [0, 0.1) is 0 Å². The summed E-state index contributed by atoms with van der Waals surface area (Å²) in [5.74, 6) is -2.22. The van der Waals surface area contributed by atoms with Crippen LogP contribution in [0.1, 0.15) is 6.92 Å². The quantitative estimate of drug-likeness (QED) is 0.0725. The molecule has 0 aromatic heterocycles. The smallest absolute Gasteiger partial charge is 0.744 e. The van der Waals surface area contributed by atoms with Crippen molar-refractivity contribution < 1.29 is 109 Å². The van der Waals surface area contributed by atoms with E-state index in [9.17, 15) is 40.8 Å². The molecule has 1 unspecified atom stereocenters. The first kappa shape index (κ1) is 35.7. The second-order valence-corrected chi connectivity index (χ2v) is 11.9. The molecule has 0 fully saturated rings. The number of nitrogens with one attached hydrogen (secondary N) is 1. The van der Waals surface area contributed by atoms with Crippen LogP contribution >= 0.6 is 0 Å². The number of carbonyl (C=O) groups excluding carboxylic acids is 1. The van der Waals surface area contributed by atoms with Gasteiger partial charge in [0.1, 0.15) is 15.8 Å². The number of nitrogens with zero attached hydrogens (tertiary/aromatic N) is 2. The van der Waals surface area contributed by atoms with E-state index in [1.807, 2.05) is 0 Å². The maximum Gasteiger partial charge on any atom is 1.00 e. The average Bonchev–Trinajstić information content (AvgIpc) is 2.82. The molecule has 1 atom stereocenters. The SMILES string of the molecule is CC(=O)Nc1ccc2cc(S(=O)(=O)[O-])c(N=Nc3ccc(S(=O)(=O)CCS(=O)OO[O-])cc3)c(O)c2c1.[Na+].[Na+]. The maximum absolute atomic E-state index is 12.3. The van der Waals surface area contributed by atoms with Crippen molar-refractivity contribution in [1.29, 1.82) is 0 Å². The Bertz CT molecular complexity index is 1620. The minimum atomic E-state index is -5.10. The van der Waals surface area contributed by atoms with Crippen LogP contribution in [0.5, 0.6) is 5.75 Å². The zero-order valence-electron chi connectivity index (χ0n) is 20.7. The van der Waals surface area contributed by atoms with Crippen molar-refractivity contribution >= 4 is 64.8 Å². The monoisotopic (exact) mass is 617 g/mol. The van der Waals surface area contributed by atoms with Crippen molar-refractivity contribution in [3.05, 3.63) is 48.5 Å². The van der Waals surface area contributed by atoms with E-state index in [4.69, 9.17) is 0 Å². The number of anilines is 1. The number of benzene rings is 3. The molecule has 0 saturated carbocycles. The first-order valence-electron chi connectivity index (χ1n) is 9.95. The van der Waals surface area contributed by atoms with Crippen LogP contribution in [0.4, 0.5) is 17.1 Å². The number of aromatic hydroxyl groups is 1. The molecule has 39 heavy (non-hydrogen) atoms. The fourth-order valence-corrected chi connectivity index (χ4v) is 6.08. The first-order valence-corrected chi connectivity index (χ1v) is 14.3. The van der Waals surface area contributed by atoms with Crippen molar-refractivity contribution in [2.75, 3.05) is 16.8 Å². The second kappa shape index (κ2) is 15.1. The Labute approximate surface area is 269 Å². The van der Waals surface area contributed by atoms with Crippen molar-refractivity contribution in [2.24, 2.45) is 10.2 Å². The minimum Gasteiger partial charge on any atom is -0.744 e. The predicted molar refractivity (Wildman–Crippen MR) is 126 cm³/mol. The van der Waals surface area contributed by atoms with E-state index in [2.05, 4.69) is 24.9 Å². The molecular formula is C20H17N3Na2O11S3. The summed E-state index contributed by atoms with van der Waals surface area (Å²) in [5.41, 5.74) is -0.322. The number of hydrogen-bond donors (Lipinski definition) is 2. The Hall–Kier alpha value is -1.32. The molecule has 3 aromatic carbocycles. The van der Waals surface area contributed by atoms with Gasteiger partial charge in [0.15, 0.2) is 26.7 Å². The Kier molecular flexibility index (Phi) is 13.8. The van der Waals surface area contributed by atoms with E-state index in [1.54, 1.807) is 0 Å². The summed E-state index contributed by atoms with van der Waals surface area (Å²) in [6.45, 7) is 1.27. The summed E-state index contributed by atoms with van der Waals surface area (Å²) in [5, 5.41) is 33.7. The van der Waals surface area contributed by atoms with Crippen LogP contribution in [-0.4, -0.2) is 48.1 Å². The third-order valence-corrected chi connectivity index (χ3v) is 8.31. The molecule has 3 rings (SSSR count). The van der Waals surface area contributed by atoms with Gasteiger partial charge in [-0.25, -0.2) is 21.0 Å². The van der Waals surface area contributed by atoms with Crippen LogP contribution in [-0.2, 0) is 45.2 Å². The number of fused-ring (bicyclic) bond motifs is 1. The van der Waals surface area contributed by atoms with E-state index in [0.717, 1.165) is 18.2 Å². The van der Waals surface area contributed by atoms with E-state index < -0.39 is 58.9 Å². The summed E-state index contributed by atoms with van der Waals surface area (Å²) < 4.78 is 75.2. The Morgan fingerprint density at radius 2 is 1.69 bits per heavy atom. The normalized spacial score (nSPS) is 12.5. The number of hydrogen-bond acceptors (Lipinski definition) is 13. The van der Waals surface area contributed by atoms with Crippen molar-refractivity contribution in [3.8, 4) is 5.75 Å². The van der Waals surface area contributed by atoms with Crippen LogP contribution in [0.15, 0.2) is 68.6 Å². The third kappa shape index (κ3) is 9.63. The van der Waals surface area contributed by atoms with Gasteiger partial charge in [0.05, 0.1) is 27.0 Å². The molecule has 198 valence electrons. The molecule has 0 saturated heterocycles. The standard InChI is InChI=1S/C20H19N3O11S3.2Na/c1-12(24)21-15-3-2-13-10-18(37(30,31)32)19(20(25)17(13)11-15)23-22-14-4-6-16(7-5-14)36(28,29)9-8-35(27)34-33-26;;/h2-7,10-11,25-26H,8-9H2,1H3,(H,21,24)(H,30,31,32);;/q;2*+1/p-2. The number of rotatable bonds is 10. The van der Waals surface area contributed by atoms with E-state index in [1.165, 1.54) is 37.3 Å². The number of amides is 1. The molecular weight excluding hydrogens is 600 g/mol. The molecule has 0 aliphatic heterocycles. The van der Waals surface area contributed by atoms with Gasteiger partial charge >= 0.3 is 59.1 Å². The summed E-state index contributed by atoms with van der Waals surface area (Å²) in [6.07, 6.45) is 0. The second-order valence-electron chi connectivity index (χ2n) is 7.30. The fourth-order valence-electron chi connectivity index (χ4n) is 3.10. The van der Waals surface area contributed by atoms with Gasteiger partial charge in [-0.15, -0.1) is 9.45 Å². The molecule has 0 radical (unpaired) electrons. The zero-order chi connectivity index (χ0) is 27.4. The number of azo groups is 1. The molecule has 1 amide bonds. The molecule has 0 aliphatic rings. The maximum atomic E-state index is 12.3. The predicted octanol–water partition coefficient (Wildman–Crippen LogP) is -4.51. The third-order valence-electron chi connectivity index (χ3n) is 4.73. The topological polar surface area (TPSA) is 224 Å². The molecule has 2 N–H and O–H groups in total. The molecule has 14 nitrogen and oxygen atoms in total.